The van der Waals surface area contributed by atoms with Crippen LogP contribution in [0.5, 0.6) is 5.75 Å². The number of rotatable bonds is 7. The predicted octanol–water partition coefficient (Wildman–Crippen LogP) is 3.21. The molecule has 10 nitrogen and oxygen atoms in total. The van der Waals surface area contributed by atoms with Gasteiger partial charge in [-0.3, -0.25) is 9.58 Å². The summed E-state index contributed by atoms with van der Waals surface area (Å²) in [6.45, 7) is 1.68. The maximum Gasteiger partial charge on any atom is 0.413 e. The van der Waals surface area contributed by atoms with Gasteiger partial charge >= 0.3 is 6.09 Å². The number of anilines is 1. The molecule has 0 fully saturated rings. The Morgan fingerprint density at radius 2 is 1.97 bits per heavy atom. The van der Waals surface area contributed by atoms with Crippen molar-refractivity contribution in [2.45, 2.75) is 19.5 Å². The second-order valence-corrected chi connectivity index (χ2v) is 8.52. The van der Waals surface area contributed by atoms with Crippen LogP contribution in [-0.4, -0.2) is 68.3 Å². The Bertz CT molecular complexity index is 1410. The zero-order valence-corrected chi connectivity index (χ0v) is 19.3. The second-order valence-electron chi connectivity index (χ2n) is 8.52. The van der Waals surface area contributed by atoms with E-state index in [0.29, 0.717) is 41.7 Å². The smallest absolute Gasteiger partial charge is 0.413 e. The number of carboxylic acid groups (broad SMARTS) is 1. The Morgan fingerprint density at radius 3 is 2.74 bits per heavy atom. The first-order valence-electron chi connectivity index (χ1n) is 11.1. The summed E-state index contributed by atoms with van der Waals surface area (Å²) in [7, 11) is 3.98. The van der Waals surface area contributed by atoms with E-state index in [1.54, 1.807) is 24.7 Å². The molecule has 11 heteroatoms. The molecule has 1 N–H and O–H groups in total. The van der Waals surface area contributed by atoms with E-state index in [4.69, 9.17) is 4.74 Å². The molecule has 0 saturated carbocycles. The lowest BCUT2D eigenvalue weighted by atomic mass is 10.0. The molecule has 0 unspecified atom stereocenters. The molecule has 4 heterocycles. The maximum absolute atomic E-state index is 14.8. The molecule has 0 spiro atoms. The quantitative estimate of drug-likeness (QED) is 0.432. The van der Waals surface area contributed by atoms with E-state index >= 15 is 0 Å². The fraction of sp³-hybridized carbons (Fsp3) is 0.292. The van der Waals surface area contributed by atoms with Crippen molar-refractivity contribution in [3.05, 3.63) is 59.9 Å². The van der Waals surface area contributed by atoms with E-state index in [1.807, 2.05) is 24.8 Å². The van der Waals surface area contributed by atoms with Crippen LogP contribution in [0.4, 0.5) is 15.0 Å². The molecule has 0 bridgehead atoms. The lowest BCUT2D eigenvalue weighted by molar-refractivity contribution is 0.201. The molecular weight excluding hydrogens is 453 g/mol. The molecule has 0 radical (unpaired) electrons. The van der Waals surface area contributed by atoms with E-state index in [1.165, 1.54) is 12.3 Å². The summed E-state index contributed by atoms with van der Waals surface area (Å²) >= 11 is 0. The zero-order chi connectivity index (χ0) is 24.5. The van der Waals surface area contributed by atoms with E-state index in [9.17, 15) is 14.3 Å². The average molecular weight is 478 g/mol. The molecule has 4 aromatic rings. The number of benzene rings is 1. The van der Waals surface area contributed by atoms with Gasteiger partial charge in [0, 0.05) is 52.8 Å². The minimum atomic E-state index is -1.25. The number of carbonyl (C=O) groups is 1. The number of hydrogen-bond acceptors (Lipinski definition) is 7. The van der Waals surface area contributed by atoms with E-state index in [0.717, 1.165) is 22.7 Å². The summed E-state index contributed by atoms with van der Waals surface area (Å²) in [4.78, 5) is 20.0. The van der Waals surface area contributed by atoms with Crippen LogP contribution in [0, 0.1) is 5.82 Å². The van der Waals surface area contributed by atoms with Crippen molar-refractivity contribution in [2.24, 2.45) is 0 Å². The number of pyridine rings is 1. The summed E-state index contributed by atoms with van der Waals surface area (Å²) in [5.74, 6) is 0.254. The van der Waals surface area contributed by atoms with Crippen LogP contribution in [0.3, 0.4) is 0 Å². The fourth-order valence-corrected chi connectivity index (χ4v) is 4.31. The summed E-state index contributed by atoms with van der Waals surface area (Å²) in [5.41, 5.74) is 2.54. The highest BCUT2D eigenvalue weighted by atomic mass is 19.1. The van der Waals surface area contributed by atoms with Gasteiger partial charge in [-0.05, 0) is 32.3 Å². The van der Waals surface area contributed by atoms with Gasteiger partial charge in [0.2, 0.25) is 0 Å². The molecule has 35 heavy (non-hydrogen) atoms. The van der Waals surface area contributed by atoms with Gasteiger partial charge in [-0.2, -0.15) is 15.3 Å². The van der Waals surface area contributed by atoms with Crippen molar-refractivity contribution in [2.75, 3.05) is 32.1 Å². The summed E-state index contributed by atoms with van der Waals surface area (Å²) in [6.07, 6.45) is 5.64. The third-order valence-corrected chi connectivity index (χ3v) is 6.07. The number of aromatic nitrogens is 5. The minimum absolute atomic E-state index is 0.154. The highest BCUT2D eigenvalue weighted by Gasteiger charge is 2.27. The van der Waals surface area contributed by atoms with Crippen LogP contribution in [0.1, 0.15) is 11.1 Å². The first-order valence-corrected chi connectivity index (χ1v) is 11.1. The van der Waals surface area contributed by atoms with E-state index in [2.05, 4.69) is 25.2 Å². The van der Waals surface area contributed by atoms with Gasteiger partial charge in [0.05, 0.1) is 37.8 Å². The van der Waals surface area contributed by atoms with Crippen molar-refractivity contribution in [1.82, 2.24) is 29.9 Å². The SMILES string of the molecule is CN(C)CCn1nccc1-c1cnc(N(Cc2c(F)ccc3c2CCO3)C(=O)O)c2cnncc12. The fourth-order valence-electron chi connectivity index (χ4n) is 4.31. The monoisotopic (exact) mass is 477 g/mol. The number of likely N-dealkylation sites (N-methyl/N-ethyl adjacent to an activating group) is 1. The van der Waals surface area contributed by atoms with E-state index < -0.39 is 11.9 Å². The van der Waals surface area contributed by atoms with Crippen LogP contribution in [0.15, 0.2) is 43.0 Å². The lowest BCUT2D eigenvalue weighted by Gasteiger charge is -2.22. The topological polar surface area (TPSA) is 110 Å². The molecule has 3 aromatic heterocycles. The van der Waals surface area contributed by atoms with Gasteiger partial charge < -0.3 is 14.7 Å². The molecule has 0 aliphatic carbocycles. The van der Waals surface area contributed by atoms with E-state index in [-0.39, 0.29) is 17.9 Å². The van der Waals surface area contributed by atoms with Crippen LogP contribution < -0.4 is 9.64 Å². The Labute approximate surface area is 200 Å². The average Bonchev–Trinajstić information content (AvgIpc) is 3.51. The van der Waals surface area contributed by atoms with Crippen molar-refractivity contribution < 1.29 is 19.0 Å². The normalized spacial score (nSPS) is 12.7. The van der Waals surface area contributed by atoms with Crippen LogP contribution in [0.2, 0.25) is 0 Å². The molecule has 0 atom stereocenters. The maximum atomic E-state index is 14.8. The Hall–Kier alpha value is -4.12. The lowest BCUT2D eigenvalue weighted by Crippen LogP contribution is -2.30. The number of amides is 1. The molecular formula is C24H24FN7O3. The summed E-state index contributed by atoms with van der Waals surface area (Å²) < 4.78 is 22.2. The van der Waals surface area contributed by atoms with Gasteiger partial charge in [-0.15, -0.1) is 0 Å². The number of hydrogen-bond donors (Lipinski definition) is 1. The van der Waals surface area contributed by atoms with Crippen LogP contribution >= 0.6 is 0 Å². The highest BCUT2D eigenvalue weighted by molar-refractivity contribution is 6.04. The molecule has 5 rings (SSSR count). The van der Waals surface area contributed by atoms with Crippen molar-refractivity contribution >= 4 is 22.7 Å². The van der Waals surface area contributed by atoms with Crippen molar-refractivity contribution in [3.8, 4) is 17.0 Å². The van der Waals surface area contributed by atoms with Crippen molar-refractivity contribution in [3.63, 3.8) is 0 Å². The first-order chi connectivity index (χ1) is 16.9. The third-order valence-electron chi connectivity index (χ3n) is 6.07. The van der Waals surface area contributed by atoms with Gasteiger partial charge in [-0.25, -0.2) is 14.2 Å². The van der Waals surface area contributed by atoms with Crippen LogP contribution in [-0.2, 0) is 19.5 Å². The van der Waals surface area contributed by atoms with Crippen molar-refractivity contribution in [1.29, 1.82) is 0 Å². The number of halogens is 1. The second kappa shape index (κ2) is 9.26. The predicted molar refractivity (Wildman–Crippen MR) is 127 cm³/mol. The van der Waals surface area contributed by atoms with Gasteiger partial charge in [-0.1, -0.05) is 0 Å². The first kappa shape index (κ1) is 22.7. The van der Waals surface area contributed by atoms with Gasteiger partial charge in [0.1, 0.15) is 17.4 Å². The van der Waals surface area contributed by atoms with Gasteiger partial charge in [0.15, 0.2) is 0 Å². The Balaban J connectivity index is 1.59. The summed E-state index contributed by atoms with van der Waals surface area (Å²) in [5, 5.41) is 23.7. The molecule has 1 aliphatic heterocycles. The largest absolute Gasteiger partial charge is 0.493 e. The molecule has 180 valence electrons. The molecule has 1 aliphatic rings. The van der Waals surface area contributed by atoms with Gasteiger partial charge in [0.25, 0.3) is 0 Å². The number of ether oxygens (including phenoxy) is 1. The Kier molecular flexibility index (Phi) is 6.00. The highest BCUT2D eigenvalue weighted by Crippen LogP contribution is 2.35. The Morgan fingerprint density at radius 1 is 1.17 bits per heavy atom. The third kappa shape index (κ3) is 4.26. The standard InChI is InChI=1S/C24H24FN7O3/c1-30(2)8-9-32-21(5-7-29-32)17-11-26-23(18-13-28-27-12-16(17)18)31(24(33)34)14-19-15-6-10-35-22(15)4-3-20(19)25/h3-5,7,11-13H,6,8-10,14H2,1-2H3,(H,33,34). The number of nitrogens with zero attached hydrogens (tertiary/aromatic N) is 7. The summed E-state index contributed by atoms with van der Waals surface area (Å²) in [6, 6.07) is 4.75. The van der Waals surface area contributed by atoms with Crippen LogP contribution in [0.25, 0.3) is 22.0 Å². The molecule has 1 amide bonds. The number of fused-ring (bicyclic) bond motifs is 2. The molecule has 1 aromatic carbocycles. The molecule has 0 saturated heterocycles. The zero-order valence-electron chi connectivity index (χ0n) is 19.3. The minimum Gasteiger partial charge on any atom is -0.493 e.